The maximum absolute atomic E-state index is 12.9. The monoisotopic (exact) mass is 1070 g/mol. The molecule has 438 valence electrons. The van der Waals surface area contributed by atoms with E-state index in [0.29, 0.717) is 151 Å². The highest BCUT2D eigenvalue weighted by molar-refractivity contribution is 5.80. The van der Waals surface area contributed by atoms with E-state index in [4.69, 9.17) is 71.1 Å². The summed E-state index contributed by atoms with van der Waals surface area (Å²) in [6, 6.07) is 0. The third-order valence-electron chi connectivity index (χ3n) is 13.2. The molecule has 0 unspecified atom stereocenters. The summed E-state index contributed by atoms with van der Waals surface area (Å²) in [5, 5.41) is 0. The van der Waals surface area contributed by atoms with Crippen LogP contribution in [0.15, 0.2) is 0 Å². The lowest BCUT2D eigenvalue weighted by molar-refractivity contribution is -0.148. The molecule has 0 saturated carbocycles. The second-order valence-corrected chi connectivity index (χ2v) is 20.3. The van der Waals surface area contributed by atoms with Gasteiger partial charge in [0.15, 0.2) is 0 Å². The van der Waals surface area contributed by atoms with Crippen molar-refractivity contribution in [3.8, 4) is 11.5 Å². The Hall–Kier alpha value is -2.52. The van der Waals surface area contributed by atoms with E-state index in [9.17, 15) is 9.59 Å². The minimum atomic E-state index is -0.477. The molecule has 0 spiro atoms. The Labute approximate surface area is 452 Å². The van der Waals surface area contributed by atoms with Gasteiger partial charge in [-0.1, -0.05) is 72.6 Å². The summed E-state index contributed by atoms with van der Waals surface area (Å²) in [6.45, 7) is 28.7. The molecule has 3 atom stereocenters. The minimum absolute atomic E-state index is 0.0731. The molecule has 1 heterocycles. The van der Waals surface area contributed by atoms with Gasteiger partial charge >= 0.3 is 11.9 Å². The maximum Gasteiger partial charge on any atom is 0.311 e. The van der Waals surface area contributed by atoms with Crippen molar-refractivity contribution in [3.05, 3.63) is 22.3 Å². The van der Waals surface area contributed by atoms with E-state index >= 15 is 0 Å². The van der Waals surface area contributed by atoms with Gasteiger partial charge in [0.05, 0.1) is 165 Å². The lowest BCUT2D eigenvalue weighted by Gasteiger charge is -2.38. The summed E-state index contributed by atoms with van der Waals surface area (Å²) in [5.74, 6) is 2.93. The molecule has 0 radical (unpaired) electrons. The van der Waals surface area contributed by atoms with Gasteiger partial charge in [-0.05, 0) is 87.8 Å². The summed E-state index contributed by atoms with van der Waals surface area (Å²) < 4.78 is 83.2. The number of esters is 2. The van der Waals surface area contributed by atoms with Crippen molar-refractivity contribution in [1.29, 1.82) is 0 Å². The third kappa shape index (κ3) is 35.6. The summed E-state index contributed by atoms with van der Waals surface area (Å²) >= 11 is 0. The van der Waals surface area contributed by atoms with Gasteiger partial charge in [-0.3, -0.25) is 9.59 Å². The number of hydrogen-bond acceptors (Lipinski definition) is 17. The Morgan fingerprint density at radius 2 is 0.827 bits per heavy atom. The van der Waals surface area contributed by atoms with E-state index in [-0.39, 0.29) is 31.7 Å². The van der Waals surface area contributed by atoms with Crippen molar-refractivity contribution >= 4 is 11.9 Å². The summed E-state index contributed by atoms with van der Waals surface area (Å²) in [5.41, 5.74) is 3.72. The molecule has 0 bridgehead atoms. The van der Waals surface area contributed by atoms with Gasteiger partial charge in [-0.2, -0.15) is 0 Å². The van der Waals surface area contributed by atoms with Crippen LogP contribution in [0, 0.1) is 38.5 Å². The van der Waals surface area contributed by atoms with E-state index in [2.05, 4.69) is 34.6 Å². The first-order valence-corrected chi connectivity index (χ1v) is 28.4. The predicted molar refractivity (Wildman–Crippen MR) is 289 cm³/mol. The van der Waals surface area contributed by atoms with Crippen molar-refractivity contribution in [3.63, 3.8) is 0 Å². The fraction of sp³-hybridized carbons (Fsp3) is 0.862. The zero-order valence-corrected chi connectivity index (χ0v) is 48.3. The summed E-state index contributed by atoms with van der Waals surface area (Å²) in [4.78, 5) is 25.3. The van der Waals surface area contributed by atoms with Crippen LogP contribution in [0.1, 0.15) is 134 Å². The molecule has 0 saturated heterocycles. The lowest BCUT2D eigenvalue weighted by atomic mass is 9.83. The first kappa shape index (κ1) is 68.6. The summed E-state index contributed by atoms with van der Waals surface area (Å²) in [6.07, 6.45) is 13.1. The molecule has 17 heteroatoms. The standard InChI is InChI=1S/C58H104O17/c1-47(2)13-10-14-48(3)15-11-16-49(4)17-12-21-58(8)22-20-53-52(7)56(50(5)51(6)57(53)75-58)74-55(60)19-18-54(59)73-46-45-72-44-43-71-42-41-70-40-39-69-38-37-68-36-35-67-34-33-66-32-31-65-30-29-64-28-27-63-26-25-62-24-23-61-9/h47-49H,10-46H2,1-9H3/t48-,49-,58-/m1/s1. The van der Waals surface area contributed by atoms with Gasteiger partial charge in [0.1, 0.15) is 23.7 Å². The van der Waals surface area contributed by atoms with Crippen molar-refractivity contribution in [2.24, 2.45) is 17.8 Å². The first-order valence-electron chi connectivity index (χ1n) is 28.4. The number of methoxy groups -OCH3 is 1. The maximum atomic E-state index is 12.9. The number of benzene rings is 1. The van der Waals surface area contributed by atoms with Crippen LogP contribution in [0.2, 0.25) is 0 Å². The van der Waals surface area contributed by atoms with Gasteiger partial charge in [-0.15, -0.1) is 0 Å². The fourth-order valence-electron chi connectivity index (χ4n) is 8.51. The van der Waals surface area contributed by atoms with Crippen LogP contribution in [-0.4, -0.2) is 183 Å². The van der Waals surface area contributed by atoms with Crippen LogP contribution in [0.3, 0.4) is 0 Å². The molecule has 0 fully saturated rings. The van der Waals surface area contributed by atoms with E-state index in [0.717, 1.165) is 71.4 Å². The Bertz CT molecular complexity index is 1560. The van der Waals surface area contributed by atoms with Gasteiger partial charge < -0.3 is 71.1 Å². The Kier molecular flexibility index (Phi) is 41.5. The number of ether oxygens (including phenoxy) is 15. The highest BCUT2D eigenvalue weighted by atomic mass is 16.6. The molecule has 0 aliphatic carbocycles. The molecule has 1 aromatic carbocycles. The molecule has 0 N–H and O–H groups in total. The fourth-order valence-corrected chi connectivity index (χ4v) is 8.51. The van der Waals surface area contributed by atoms with Crippen LogP contribution in [0.4, 0.5) is 0 Å². The van der Waals surface area contributed by atoms with Crippen molar-refractivity contribution in [2.45, 2.75) is 144 Å². The van der Waals surface area contributed by atoms with Gasteiger partial charge in [0, 0.05) is 12.7 Å². The van der Waals surface area contributed by atoms with Crippen molar-refractivity contribution < 1.29 is 80.6 Å². The Morgan fingerprint density at radius 3 is 1.23 bits per heavy atom. The van der Waals surface area contributed by atoms with E-state index in [1.807, 2.05) is 20.8 Å². The number of rotatable bonds is 52. The van der Waals surface area contributed by atoms with Gasteiger partial charge in [0.2, 0.25) is 0 Å². The molecule has 2 rings (SSSR count). The molecule has 1 aliphatic rings. The SMILES string of the molecule is COCCOCCOCCOCCOCCOCCOCCOCCOCCOCCOCCOCCOC(=O)CCC(=O)Oc1c(C)c(C)c2c(c1C)CC[C@@](C)(CCC[C@H](C)CCC[C@H](C)CCCC(C)C)O2. The summed E-state index contributed by atoms with van der Waals surface area (Å²) in [7, 11) is 1.64. The molecule has 0 amide bonds. The average Bonchev–Trinajstić information content (AvgIpc) is 3.38. The highest BCUT2D eigenvalue weighted by Gasteiger charge is 2.35. The molecule has 75 heavy (non-hydrogen) atoms. The Morgan fingerprint density at radius 1 is 0.467 bits per heavy atom. The topological polar surface area (TPSA) is 173 Å². The minimum Gasteiger partial charge on any atom is -0.487 e. The average molecular weight is 1070 g/mol. The number of carbonyl (C=O) groups is 2. The molecule has 1 aromatic rings. The quantitative estimate of drug-likeness (QED) is 0.0343. The molecular formula is C58H104O17. The number of fused-ring (bicyclic) bond motifs is 1. The van der Waals surface area contributed by atoms with Crippen molar-refractivity contribution in [1.82, 2.24) is 0 Å². The largest absolute Gasteiger partial charge is 0.487 e. The molecular weight excluding hydrogens is 969 g/mol. The second-order valence-electron chi connectivity index (χ2n) is 20.3. The van der Waals surface area contributed by atoms with Crippen LogP contribution in [0.5, 0.6) is 11.5 Å². The highest BCUT2D eigenvalue weighted by Crippen LogP contribution is 2.45. The van der Waals surface area contributed by atoms with Crippen molar-refractivity contribution in [2.75, 3.05) is 166 Å². The molecule has 1 aliphatic heterocycles. The van der Waals surface area contributed by atoms with Gasteiger partial charge in [-0.25, -0.2) is 0 Å². The number of carbonyl (C=O) groups excluding carboxylic acids is 2. The van der Waals surface area contributed by atoms with Crippen LogP contribution in [0.25, 0.3) is 0 Å². The first-order chi connectivity index (χ1) is 36.4. The van der Waals surface area contributed by atoms with E-state index in [1.54, 1.807) is 7.11 Å². The normalized spacial score (nSPS) is 15.3. The zero-order chi connectivity index (χ0) is 54.6. The van der Waals surface area contributed by atoms with Crippen LogP contribution in [-0.2, 0) is 77.6 Å². The van der Waals surface area contributed by atoms with Gasteiger partial charge in [0.25, 0.3) is 0 Å². The van der Waals surface area contributed by atoms with Crippen LogP contribution < -0.4 is 9.47 Å². The third-order valence-corrected chi connectivity index (χ3v) is 13.2. The van der Waals surface area contributed by atoms with E-state index < -0.39 is 11.9 Å². The molecule has 0 aromatic heterocycles. The van der Waals surface area contributed by atoms with E-state index in [1.165, 1.54) is 44.9 Å². The number of hydrogen-bond donors (Lipinski definition) is 0. The Balaban J connectivity index is 1.37. The van der Waals surface area contributed by atoms with Crippen LogP contribution >= 0.6 is 0 Å². The molecule has 17 nitrogen and oxygen atoms in total. The second kappa shape index (κ2) is 45.4. The zero-order valence-electron chi connectivity index (χ0n) is 48.3. The lowest BCUT2D eigenvalue weighted by Crippen LogP contribution is -2.37. The predicted octanol–water partition coefficient (Wildman–Crippen LogP) is 9.19. The smallest absolute Gasteiger partial charge is 0.311 e.